The smallest absolute Gasteiger partial charge is 0.336 e. The summed E-state index contributed by atoms with van der Waals surface area (Å²) in [6, 6.07) is 5.49. The normalized spacial score (nSPS) is 10.3. The monoisotopic (exact) mass is 326 g/mol. The number of rotatable bonds is 4. The van der Waals surface area contributed by atoms with Crippen molar-refractivity contribution in [3.05, 3.63) is 44.3 Å². The number of hydrogen-bond acceptors (Lipinski definition) is 4. The van der Waals surface area contributed by atoms with E-state index in [9.17, 15) is 4.79 Å². The molecule has 0 aliphatic carbocycles. The van der Waals surface area contributed by atoms with Gasteiger partial charge in [0.05, 0.1) is 16.9 Å². The molecule has 0 radical (unpaired) electrons. The third-order valence-corrected chi connectivity index (χ3v) is 3.78. The van der Waals surface area contributed by atoms with Crippen LogP contribution in [0.25, 0.3) is 0 Å². The fourth-order valence-electron chi connectivity index (χ4n) is 1.49. The highest BCUT2D eigenvalue weighted by atomic mass is 79.9. The topological polar surface area (TPSA) is 62.2 Å². The van der Waals surface area contributed by atoms with Gasteiger partial charge in [-0.2, -0.15) is 0 Å². The van der Waals surface area contributed by atoms with Crippen LogP contribution in [0.15, 0.2) is 28.2 Å². The van der Waals surface area contributed by atoms with Gasteiger partial charge in [-0.1, -0.05) is 0 Å². The zero-order valence-electron chi connectivity index (χ0n) is 9.61. The zero-order valence-corrected chi connectivity index (χ0v) is 12.0. The van der Waals surface area contributed by atoms with E-state index in [1.165, 1.54) is 11.3 Å². The number of carbonyl (C=O) groups is 1. The molecule has 0 spiro atoms. The van der Waals surface area contributed by atoms with Crippen LogP contribution in [0.5, 0.6) is 0 Å². The number of nitrogens with zero attached hydrogens (tertiary/aromatic N) is 1. The predicted molar refractivity (Wildman–Crippen MR) is 75.3 cm³/mol. The molecule has 2 heterocycles. The maximum atomic E-state index is 10.8. The fourth-order valence-corrected chi connectivity index (χ4v) is 2.68. The van der Waals surface area contributed by atoms with E-state index >= 15 is 0 Å². The number of aromatic nitrogens is 1. The van der Waals surface area contributed by atoms with E-state index in [1.54, 1.807) is 11.4 Å². The molecule has 0 aliphatic heterocycles. The Kier molecular flexibility index (Phi) is 3.98. The van der Waals surface area contributed by atoms with E-state index in [1.807, 2.05) is 19.1 Å². The van der Waals surface area contributed by atoms with Crippen LogP contribution in [0.1, 0.15) is 20.9 Å². The molecule has 2 rings (SSSR count). The van der Waals surface area contributed by atoms with E-state index in [-0.39, 0.29) is 0 Å². The molecule has 18 heavy (non-hydrogen) atoms. The van der Waals surface area contributed by atoms with Gasteiger partial charge < -0.3 is 10.4 Å². The minimum absolute atomic E-state index is 0.336. The van der Waals surface area contributed by atoms with Gasteiger partial charge in [0.15, 0.2) is 0 Å². The number of aromatic carboxylic acids is 1. The molecule has 2 N–H and O–H groups in total. The maximum Gasteiger partial charge on any atom is 0.336 e. The lowest BCUT2D eigenvalue weighted by Crippen LogP contribution is -2.01. The summed E-state index contributed by atoms with van der Waals surface area (Å²) in [5.41, 5.74) is 2.19. The van der Waals surface area contributed by atoms with Crippen LogP contribution >= 0.6 is 27.3 Å². The number of carboxylic acid groups (broad SMARTS) is 1. The lowest BCUT2D eigenvalue weighted by Gasteiger charge is -2.07. The number of thiophene rings is 1. The zero-order chi connectivity index (χ0) is 13.1. The third kappa shape index (κ3) is 3.08. The van der Waals surface area contributed by atoms with Crippen LogP contribution in [0, 0.1) is 6.92 Å². The maximum absolute atomic E-state index is 10.8. The summed E-state index contributed by atoms with van der Waals surface area (Å²) in [7, 11) is 0. The minimum atomic E-state index is -0.890. The van der Waals surface area contributed by atoms with Crippen molar-refractivity contribution in [2.45, 2.75) is 13.5 Å². The van der Waals surface area contributed by atoms with Crippen molar-refractivity contribution >= 4 is 38.9 Å². The van der Waals surface area contributed by atoms with E-state index in [0.29, 0.717) is 12.1 Å². The van der Waals surface area contributed by atoms with E-state index in [4.69, 9.17) is 5.11 Å². The lowest BCUT2D eigenvalue weighted by molar-refractivity contribution is 0.0697. The summed E-state index contributed by atoms with van der Waals surface area (Å²) in [6.07, 6.45) is 0. The van der Waals surface area contributed by atoms with E-state index < -0.39 is 5.97 Å². The van der Waals surface area contributed by atoms with Crippen LogP contribution in [-0.4, -0.2) is 16.1 Å². The molecular formula is C12H11BrN2O2S. The van der Waals surface area contributed by atoms with Gasteiger partial charge in [-0.25, -0.2) is 9.78 Å². The Bertz CT molecular complexity index is 583. The Labute approximate surface area is 117 Å². The second-order valence-corrected chi connectivity index (χ2v) is 5.54. The molecule has 0 bridgehead atoms. The summed E-state index contributed by atoms with van der Waals surface area (Å²) in [5.74, 6) is -0.890. The fraction of sp³-hybridized carbons (Fsp3) is 0.167. The summed E-state index contributed by atoms with van der Waals surface area (Å²) >= 11 is 4.74. The molecule has 0 amide bonds. The first kappa shape index (κ1) is 13.0. The highest BCUT2D eigenvalue weighted by Gasteiger charge is 2.07. The SMILES string of the molecule is Cc1nc(Br)ccc1NCc1cc(C(=O)O)cs1. The van der Waals surface area contributed by atoms with E-state index in [0.717, 1.165) is 20.9 Å². The van der Waals surface area contributed by atoms with Crippen molar-refractivity contribution in [1.82, 2.24) is 4.98 Å². The molecule has 0 saturated carbocycles. The van der Waals surface area contributed by atoms with Crippen molar-refractivity contribution < 1.29 is 9.90 Å². The number of hydrogen-bond donors (Lipinski definition) is 2. The average Bonchev–Trinajstić information content (AvgIpc) is 2.76. The van der Waals surface area contributed by atoms with Gasteiger partial charge in [0.1, 0.15) is 4.60 Å². The Morgan fingerprint density at radius 3 is 2.94 bits per heavy atom. The first-order chi connectivity index (χ1) is 8.56. The highest BCUT2D eigenvalue weighted by Crippen LogP contribution is 2.19. The van der Waals surface area contributed by atoms with Crippen molar-refractivity contribution in [1.29, 1.82) is 0 Å². The first-order valence-corrected chi connectivity index (χ1v) is 6.91. The van der Waals surface area contributed by atoms with Crippen LogP contribution in [0.3, 0.4) is 0 Å². The van der Waals surface area contributed by atoms with Gasteiger partial charge in [0.2, 0.25) is 0 Å². The number of anilines is 1. The first-order valence-electron chi connectivity index (χ1n) is 5.24. The van der Waals surface area contributed by atoms with Gasteiger partial charge in [-0.15, -0.1) is 11.3 Å². The van der Waals surface area contributed by atoms with Gasteiger partial charge >= 0.3 is 5.97 Å². The molecule has 94 valence electrons. The minimum Gasteiger partial charge on any atom is -0.478 e. The molecular weight excluding hydrogens is 316 g/mol. The van der Waals surface area contributed by atoms with Crippen LogP contribution < -0.4 is 5.32 Å². The van der Waals surface area contributed by atoms with Crippen LogP contribution in [0.2, 0.25) is 0 Å². The van der Waals surface area contributed by atoms with Crippen molar-refractivity contribution in [2.75, 3.05) is 5.32 Å². The quantitative estimate of drug-likeness (QED) is 0.844. The van der Waals surface area contributed by atoms with E-state index in [2.05, 4.69) is 26.2 Å². The number of carboxylic acids is 1. The lowest BCUT2D eigenvalue weighted by atomic mass is 10.3. The molecule has 2 aromatic heterocycles. The molecule has 0 unspecified atom stereocenters. The summed E-state index contributed by atoms with van der Waals surface area (Å²) in [5, 5.41) is 13.7. The van der Waals surface area contributed by atoms with Crippen molar-refractivity contribution in [3.8, 4) is 0 Å². The number of pyridine rings is 1. The van der Waals surface area contributed by atoms with Gasteiger partial charge in [-0.05, 0) is 41.1 Å². The van der Waals surface area contributed by atoms with Gasteiger partial charge in [-0.3, -0.25) is 0 Å². The van der Waals surface area contributed by atoms with Crippen LogP contribution in [0.4, 0.5) is 5.69 Å². The predicted octanol–water partition coefficient (Wildman–Crippen LogP) is 3.52. The average molecular weight is 327 g/mol. The third-order valence-electron chi connectivity index (χ3n) is 2.41. The Morgan fingerprint density at radius 1 is 1.56 bits per heavy atom. The Morgan fingerprint density at radius 2 is 2.33 bits per heavy atom. The largest absolute Gasteiger partial charge is 0.478 e. The van der Waals surface area contributed by atoms with Gasteiger partial charge in [0.25, 0.3) is 0 Å². The summed E-state index contributed by atoms with van der Waals surface area (Å²) < 4.78 is 0.801. The summed E-state index contributed by atoms with van der Waals surface area (Å²) in [4.78, 5) is 16.0. The second-order valence-electron chi connectivity index (χ2n) is 3.73. The van der Waals surface area contributed by atoms with Crippen molar-refractivity contribution in [3.63, 3.8) is 0 Å². The molecule has 4 nitrogen and oxygen atoms in total. The Hall–Kier alpha value is -1.40. The molecule has 0 fully saturated rings. The molecule has 0 atom stereocenters. The Balaban J connectivity index is 2.04. The molecule has 6 heteroatoms. The number of nitrogens with one attached hydrogen (secondary N) is 1. The highest BCUT2D eigenvalue weighted by molar-refractivity contribution is 9.10. The van der Waals surface area contributed by atoms with Gasteiger partial charge in [0, 0.05) is 16.8 Å². The summed E-state index contributed by atoms with van der Waals surface area (Å²) in [6.45, 7) is 2.52. The molecule has 0 aromatic carbocycles. The molecule has 0 aliphatic rings. The van der Waals surface area contributed by atoms with Crippen LogP contribution in [-0.2, 0) is 6.54 Å². The molecule has 0 saturated heterocycles. The number of aryl methyl sites for hydroxylation is 1. The second kappa shape index (κ2) is 5.49. The van der Waals surface area contributed by atoms with Crippen molar-refractivity contribution in [2.24, 2.45) is 0 Å². The number of halogens is 1. The molecule has 2 aromatic rings. The standard InChI is InChI=1S/C12H11BrN2O2S/c1-7-10(2-3-11(13)15-7)14-5-9-4-8(6-18-9)12(16)17/h2-4,6,14H,5H2,1H3,(H,16,17).